The van der Waals surface area contributed by atoms with Gasteiger partial charge in [-0.1, -0.05) is 39.5 Å². The number of rotatable bonds is 8. The van der Waals surface area contributed by atoms with Crippen LogP contribution in [0.4, 0.5) is 0 Å². The molecule has 4 heteroatoms. The van der Waals surface area contributed by atoms with Crippen LogP contribution in [0.15, 0.2) is 4.99 Å². The summed E-state index contributed by atoms with van der Waals surface area (Å²) in [4.78, 5) is 19.1. The number of hydrogen-bond donors (Lipinski definition) is 1. The first-order valence-corrected chi connectivity index (χ1v) is 7.80. The Morgan fingerprint density at radius 2 is 1.84 bits per heavy atom. The molecule has 2 N–H and O–H groups in total. The molecule has 1 fully saturated rings. The number of guanidine groups is 1. The number of amides is 1. The number of nitrogens with zero attached hydrogens (tertiary/aromatic N) is 2. The van der Waals surface area contributed by atoms with Gasteiger partial charge in [-0.05, 0) is 31.6 Å². The normalized spacial score (nSPS) is 21.9. The third kappa shape index (κ3) is 3.10. The number of aliphatic imine (C=N–C) groups is 1. The molecule has 2 aliphatic rings. The first kappa shape index (κ1) is 14.4. The molecule has 0 bridgehead atoms. The van der Waals surface area contributed by atoms with Crippen LogP contribution in [0.3, 0.4) is 0 Å². The van der Waals surface area contributed by atoms with E-state index in [1.807, 2.05) is 0 Å². The van der Waals surface area contributed by atoms with Crippen LogP contribution >= 0.6 is 0 Å². The first-order chi connectivity index (χ1) is 9.13. The highest BCUT2D eigenvalue weighted by Crippen LogP contribution is 2.36. The van der Waals surface area contributed by atoms with Gasteiger partial charge in [-0.15, -0.1) is 0 Å². The van der Waals surface area contributed by atoms with Crippen molar-refractivity contribution in [1.29, 1.82) is 0 Å². The largest absolute Gasteiger partial charge is 0.369 e. The first-order valence-electron chi connectivity index (χ1n) is 7.80. The smallest absolute Gasteiger partial charge is 0.257 e. The lowest BCUT2D eigenvalue weighted by molar-refractivity contribution is -0.132. The van der Waals surface area contributed by atoms with E-state index >= 15 is 0 Å². The molecule has 1 saturated carbocycles. The van der Waals surface area contributed by atoms with Crippen LogP contribution in [-0.2, 0) is 4.79 Å². The molecule has 0 spiro atoms. The monoisotopic (exact) mass is 265 g/mol. The number of hydrogen-bond acceptors (Lipinski definition) is 3. The molecule has 1 heterocycles. The molecule has 0 radical (unpaired) electrons. The highest BCUT2D eigenvalue weighted by Gasteiger charge is 2.47. The third-order valence-corrected chi connectivity index (χ3v) is 4.27. The fourth-order valence-electron chi connectivity index (χ4n) is 2.81. The number of carbonyl (C=O) groups is 1. The maximum absolute atomic E-state index is 12.7. The van der Waals surface area contributed by atoms with Gasteiger partial charge in [-0.2, -0.15) is 0 Å². The van der Waals surface area contributed by atoms with E-state index in [0.29, 0.717) is 11.9 Å². The zero-order chi connectivity index (χ0) is 13.9. The number of nitrogens with two attached hydrogens (primary N) is 1. The average Bonchev–Trinajstić information content (AvgIpc) is 3.18. The van der Waals surface area contributed by atoms with E-state index < -0.39 is 5.54 Å². The standard InChI is InChI=1S/C15H27N3O/c1-3-5-9-15(10-6-4-2)13(19)18(14(16)17-15)11-12-7-8-12/h12H,3-11H2,1-2H3,(H2,16,17). The zero-order valence-electron chi connectivity index (χ0n) is 12.3. The third-order valence-electron chi connectivity index (χ3n) is 4.27. The van der Waals surface area contributed by atoms with Crippen molar-refractivity contribution in [2.24, 2.45) is 16.6 Å². The Morgan fingerprint density at radius 1 is 1.26 bits per heavy atom. The van der Waals surface area contributed by atoms with Crippen molar-refractivity contribution in [2.75, 3.05) is 6.54 Å². The molecule has 4 nitrogen and oxygen atoms in total. The lowest BCUT2D eigenvalue weighted by Gasteiger charge is -2.26. The van der Waals surface area contributed by atoms with Gasteiger partial charge in [0.25, 0.3) is 5.91 Å². The van der Waals surface area contributed by atoms with Crippen LogP contribution in [-0.4, -0.2) is 28.9 Å². The van der Waals surface area contributed by atoms with Gasteiger partial charge in [0.15, 0.2) is 5.96 Å². The summed E-state index contributed by atoms with van der Waals surface area (Å²) < 4.78 is 0. The van der Waals surface area contributed by atoms with Crippen molar-refractivity contribution in [3.63, 3.8) is 0 Å². The molecule has 108 valence electrons. The van der Waals surface area contributed by atoms with Crippen LogP contribution in [0.5, 0.6) is 0 Å². The molecule has 0 aromatic heterocycles. The molecule has 0 saturated heterocycles. The van der Waals surface area contributed by atoms with Crippen LogP contribution in [0, 0.1) is 5.92 Å². The minimum atomic E-state index is -0.537. The van der Waals surface area contributed by atoms with E-state index in [9.17, 15) is 4.79 Å². The van der Waals surface area contributed by atoms with E-state index in [1.165, 1.54) is 12.8 Å². The summed E-state index contributed by atoms with van der Waals surface area (Å²) in [6.07, 6.45) is 8.45. The Balaban J connectivity index is 2.10. The van der Waals surface area contributed by atoms with Gasteiger partial charge in [0.2, 0.25) is 0 Å². The second kappa shape index (κ2) is 5.93. The SMILES string of the molecule is CCCCC1(CCCC)N=C(N)N(CC2CC2)C1=O. The van der Waals surface area contributed by atoms with Gasteiger partial charge in [-0.3, -0.25) is 9.69 Å². The Kier molecular flexibility index (Phi) is 4.48. The summed E-state index contributed by atoms with van der Waals surface area (Å²) in [7, 11) is 0. The van der Waals surface area contributed by atoms with Crippen molar-refractivity contribution in [1.82, 2.24) is 4.90 Å². The predicted molar refractivity (Wildman–Crippen MR) is 77.8 cm³/mol. The van der Waals surface area contributed by atoms with Crippen molar-refractivity contribution in [3.8, 4) is 0 Å². The maximum Gasteiger partial charge on any atom is 0.257 e. The molecule has 2 rings (SSSR count). The molecule has 0 unspecified atom stereocenters. The molecule has 1 aliphatic carbocycles. The Labute approximate surface area is 116 Å². The summed E-state index contributed by atoms with van der Waals surface area (Å²) in [5.74, 6) is 1.29. The van der Waals surface area contributed by atoms with Gasteiger partial charge in [0, 0.05) is 6.54 Å². The van der Waals surface area contributed by atoms with Gasteiger partial charge in [-0.25, -0.2) is 4.99 Å². The molecular formula is C15H27N3O. The van der Waals surface area contributed by atoms with Gasteiger partial charge in [0.1, 0.15) is 5.54 Å². The van der Waals surface area contributed by atoms with Gasteiger partial charge < -0.3 is 5.73 Å². The summed E-state index contributed by atoms with van der Waals surface area (Å²) >= 11 is 0. The van der Waals surface area contributed by atoms with E-state index in [2.05, 4.69) is 18.8 Å². The highest BCUT2D eigenvalue weighted by molar-refractivity contribution is 6.06. The summed E-state index contributed by atoms with van der Waals surface area (Å²) in [5.41, 5.74) is 5.48. The summed E-state index contributed by atoms with van der Waals surface area (Å²) in [6.45, 7) is 5.10. The summed E-state index contributed by atoms with van der Waals surface area (Å²) in [5, 5.41) is 0. The van der Waals surface area contributed by atoms with E-state index in [4.69, 9.17) is 5.73 Å². The Hall–Kier alpha value is -1.06. The van der Waals surface area contributed by atoms with E-state index in [1.54, 1.807) is 4.90 Å². The molecular weight excluding hydrogens is 238 g/mol. The van der Waals surface area contributed by atoms with Crippen molar-refractivity contribution >= 4 is 11.9 Å². The molecule has 1 amide bonds. The van der Waals surface area contributed by atoms with Crippen LogP contribution in [0.1, 0.15) is 65.2 Å². The minimum absolute atomic E-state index is 0.166. The zero-order valence-corrected chi connectivity index (χ0v) is 12.3. The van der Waals surface area contributed by atoms with Crippen LogP contribution < -0.4 is 5.73 Å². The fraction of sp³-hybridized carbons (Fsp3) is 0.867. The van der Waals surface area contributed by atoms with Gasteiger partial charge in [0.05, 0.1) is 0 Å². The maximum atomic E-state index is 12.7. The van der Waals surface area contributed by atoms with Crippen LogP contribution in [0.2, 0.25) is 0 Å². The molecule has 0 aromatic carbocycles. The molecule has 0 aromatic rings. The quantitative estimate of drug-likeness (QED) is 0.733. The number of unbranched alkanes of at least 4 members (excludes halogenated alkanes) is 2. The number of carbonyl (C=O) groups excluding carboxylic acids is 1. The van der Waals surface area contributed by atoms with E-state index in [0.717, 1.165) is 45.1 Å². The lowest BCUT2D eigenvalue weighted by Crippen LogP contribution is -2.45. The second-order valence-corrected chi connectivity index (χ2v) is 6.07. The van der Waals surface area contributed by atoms with Crippen molar-refractivity contribution in [3.05, 3.63) is 0 Å². The predicted octanol–water partition coefficient (Wildman–Crippen LogP) is 2.67. The minimum Gasteiger partial charge on any atom is -0.369 e. The van der Waals surface area contributed by atoms with Crippen molar-refractivity contribution in [2.45, 2.75) is 70.8 Å². The van der Waals surface area contributed by atoms with E-state index in [-0.39, 0.29) is 5.91 Å². The topological polar surface area (TPSA) is 58.7 Å². The van der Waals surface area contributed by atoms with Gasteiger partial charge >= 0.3 is 0 Å². The Bertz CT molecular complexity index is 352. The van der Waals surface area contributed by atoms with Crippen molar-refractivity contribution < 1.29 is 4.79 Å². The Morgan fingerprint density at radius 3 is 2.32 bits per heavy atom. The average molecular weight is 265 g/mol. The molecule has 1 aliphatic heterocycles. The second-order valence-electron chi connectivity index (χ2n) is 6.07. The van der Waals surface area contributed by atoms with Crippen LogP contribution in [0.25, 0.3) is 0 Å². The molecule has 19 heavy (non-hydrogen) atoms. The highest BCUT2D eigenvalue weighted by atomic mass is 16.2. The lowest BCUT2D eigenvalue weighted by atomic mass is 9.87. The fourth-order valence-corrected chi connectivity index (χ4v) is 2.81. The molecule has 0 atom stereocenters. The summed E-state index contributed by atoms with van der Waals surface area (Å²) in [6, 6.07) is 0.